The molecule has 0 unspecified atom stereocenters. The predicted molar refractivity (Wildman–Crippen MR) is 144 cm³/mol. The van der Waals surface area contributed by atoms with Crippen LogP contribution in [-0.4, -0.2) is 0 Å². The van der Waals surface area contributed by atoms with Gasteiger partial charge in [-0.2, -0.15) is 0 Å². The van der Waals surface area contributed by atoms with E-state index in [0.29, 0.717) is 0 Å². The van der Waals surface area contributed by atoms with Crippen molar-refractivity contribution in [3.05, 3.63) is 127 Å². The maximum atomic E-state index is 3.63. The molecule has 3 heteroatoms. The molecular formula is C30H22N2S. The van der Waals surface area contributed by atoms with Crippen molar-refractivity contribution in [2.24, 2.45) is 0 Å². The van der Waals surface area contributed by atoms with Crippen LogP contribution in [0.25, 0.3) is 20.2 Å². The Morgan fingerprint density at radius 2 is 1.15 bits per heavy atom. The summed E-state index contributed by atoms with van der Waals surface area (Å²) < 4.78 is 2.58. The molecular weight excluding hydrogens is 420 g/mol. The van der Waals surface area contributed by atoms with Crippen LogP contribution in [0.1, 0.15) is 0 Å². The van der Waals surface area contributed by atoms with Gasteiger partial charge in [-0.3, -0.25) is 0 Å². The molecule has 1 heterocycles. The smallest absolute Gasteiger partial charge is 0.0478 e. The number of hydrogen-bond donors (Lipinski definition) is 1. The van der Waals surface area contributed by atoms with Crippen LogP contribution in [0.3, 0.4) is 0 Å². The quantitative estimate of drug-likeness (QED) is 0.286. The largest absolute Gasteiger partial charge is 0.355 e. The molecule has 0 atom stereocenters. The van der Waals surface area contributed by atoms with Gasteiger partial charge in [-0.15, -0.1) is 11.3 Å². The third kappa shape index (κ3) is 3.73. The minimum Gasteiger partial charge on any atom is -0.355 e. The molecule has 0 spiro atoms. The predicted octanol–water partition coefficient (Wildman–Crippen LogP) is 9.27. The van der Waals surface area contributed by atoms with Gasteiger partial charge >= 0.3 is 0 Å². The highest BCUT2D eigenvalue weighted by molar-refractivity contribution is 7.26. The molecule has 0 aliphatic rings. The minimum atomic E-state index is 1.09. The van der Waals surface area contributed by atoms with Crippen molar-refractivity contribution < 1.29 is 0 Å². The van der Waals surface area contributed by atoms with Crippen molar-refractivity contribution in [1.82, 2.24) is 0 Å². The van der Waals surface area contributed by atoms with Crippen LogP contribution in [-0.2, 0) is 0 Å². The van der Waals surface area contributed by atoms with Gasteiger partial charge in [-0.05, 0) is 66.7 Å². The zero-order chi connectivity index (χ0) is 22.0. The Kier molecular flexibility index (Phi) is 5.02. The molecule has 158 valence electrons. The number of nitrogens with zero attached hydrogens (tertiary/aromatic N) is 1. The number of rotatable bonds is 5. The normalized spacial score (nSPS) is 11.0. The highest BCUT2D eigenvalue weighted by atomic mass is 32.1. The van der Waals surface area contributed by atoms with Crippen molar-refractivity contribution in [3.63, 3.8) is 0 Å². The molecule has 0 aliphatic carbocycles. The molecule has 33 heavy (non-hydrogen) atoms. The van der Waals surface area contributed by atoms with E-state index in [9.17, 15) is 0 Å². The van der Waals surface area contributed by atoms with Gasteiger partial charge in [0.25, 0.3) is 0 Å². The van der Waals surface area contributed by atoms with E-state index in [2.05, 4.69) is 132 Å². The third-order valence-electron chi connectivity index (χ3n) is 5.82. The second kappa shape index (κ2) is 8.45. The fourth-order valence-corrected chi connectivity index (χ4v) is 5.45. The first kappa shape index (κ1) is 19.6. The molecule has 0 bridgehead atoms. The Hall–Kier alpha value is -4.08. The molecule has 0 fully saturated rings. The van der Waals surface area contributed by atoms with Gasteiger partial charge in [0.2, 0.25) is 0 Å². The zero-order valence-electron chi connectivity index (χ0n) is 18.0. The molecule has 5 aromatic carbocycles. The second-order valence-corrected chi connectivity index (χ2v) is 9.04. The molecule has 0 radical (unpaired) electrons. The van der Waals surface area contributed by atoms with E-state index >= 15 is 0 Å². The second-order valence-electron chi connectivity index (χ2n) is 7.96. The summed E-state index contributed by atoms with van der Waals surface area (Å²) in [6.45, 7) is 0. The van der Waals surface area contributed by atoms with Gasteiger partial charge in [-0.1, -0.05) is 60.7 Å². The van der Waals surface area contributed by atoms with E-state index in [-0.39, 0.29) is 0 Å². The lowest BCUT2D eigenvalue weighted by atomic mass is 10.1. The van der Waals surface area contributed by atoms with Crippen molar-refractivity contribution in [2.45, 2.75) is 0 Å². The number of benzene rings is 5. The summed E-state index contributed by atoms with van der Waals surface area (Å²) in [6, 6.07) is 44.8. The van der Waals surface area contributed by atoms with Crippen molar-refractivity contribution >= 4 is 59.9 Å². The van der Waals surface area contributed by atoms with Crippen LogP contribution < -0.4 is 10.2 Å². The molecule has 1 N–H and O–H groups in total. The van der Waals surface area contributed by atoms with E-state index in [1.54, 1.807) is 0 Å². The van der Waals surface area contributed by atoms with Gasteiger partial charge < -0.3 is 10.2 Å². The standard InChI is InChI=1S/C30H22N2S/c1-4-11-22(12-5-1)31-27-17-10-18-29-30(27)26-21-25(19-20-28(26)33-29)32(23-13-6-2-7-14-23)24-15-8-3-9-16-24/h1-21,31H. The average Bonchev–Trinajstić information content (AvgIpc) is 3.25. The number of fused-ring (bicyclic) bond motifs is 3. The molecule has 6 aromatic rings. The first-order valence-electron chi connectivity index (χ1n) is 11.0. The minimum absolute atomic E-state index is 1.09. The first-order valence-corrected chi connectivity index (χ1v) is 11.9. The summed E-state index contributed by atoms with van der Waals surface area (Å²) in [4.78, 5) is 2.32. The fourth-order valence-electron chi connectivity index (χ4n) is 4.34. The van der Waals surface area contributed by atoms with E-state index in [1.807, 2.05) is 17.4 Å². The molecule has 0 saturated carbocycles. The number of thiophene rings is 1. The summed E-state index contributed by atoms with van der Waals surface area (Å²) in [5.41, 5.74) is 5.66. The van der Waals surface area contributed by atoms with Crippen molar-refractivity contribution in [3.8, 4) is 0 Å². The van der Waals surface area contributed by atoms with Crippen LogP contribution in [0, 0.1) is 0 Å². The number of hydrogen-bond acceptors (Lipinski definition) is 3. The monoisotopic (exact) mass is 442 g/mol. The topological polar surface area (TPSA) is 15.3 Å². The maximum absolute atomic E-state index is 3.63. The summed E-state index contributed by atoms with van der Waals surface area (Å²) >= 11 is 1.84. The lowest BCUT2D eigenvalue weighted by molar-refractivity contribution is 1.29. The Labute approximate surface area is 197 Å². The highest BCUT2D eigenvalue weighted by Crippen LogP contribution is 2.43. The number of anilines is 5. The van der Waals surface area contributed by atoms with E-state index in [0.717, 1.165) is 28.4 Å². The molecule has 2 nitrogen and oxygen atoms in total. The number of para-hydroxylation sites is 3. The van der Waals surface area contributed by atoms with E-state index in [1.165, 1.54) is 20.2 Å². The summed E-state index contributed by atoms with van der Waals surface area (Å²) in [7, 11) is 0. The summed E-state index contributed by atoms with van der Waals surface area (Å²) in [5.74, 6) is 0. The van der Waals surface area contributed by atoms with Gasteiger partial charge in [0.05, 0.1) is 0 Å². The van der Waals surface area contributed by atoms with Crippen LogP contribution in [0.2, 0.25) is 0 Å². The van der Waals surface area contributed by atoms with Crippen molar-refractivity contribution in [1.29, 1.82) is 0 Å². The molecule has 6 rings (SSSR count). The lowest BCUT2D eigenvalue weighted by Crippen LogP contribution is -2.09. The SMILES string of the molecule is c1ccc(Nc2cccc3sc4ccc(N(c5ccccc5)c5ccccc5)cc4c23)cc1. The van der Waals surface area contributed by atoms with E-state index < -0.39 is 0 Å². The Morgan fingerprint density at radius 3 is 1.82 bits per heavy atom. The Balaban J connectivity index is 1.54. The highest BCUT2D eigenvalue weighted by Gasteiger charge is 2.15. The molecule has 1 aromatic heterocycles. The first-order chi connectivity index (χ1) is 16.4. The maximum Gasteiger partial charge on any atom is 0.0478 e. The van der Waals surface area contributed by atoms with Crippen LogP contribution >= 0.6 is 11.3 Å². The Morgan fingerprint density at radius 1 is 0.515 bits per heavy atom. The summed E-state index contributed by atoms with van der Waals surface area (Å²) in [6.07, 6.45) is 0. The molecule has 0 aliphatic heterocycles. The van der Waals surface area contributed by atoms with E-state index in [4.69, 9.17) is 0 Å². The molecule has 0 amide bonds. The van der Waals surface area contributed by atoms with Crippen LogP contribution in [0.5, 0.6) is 0 Å². The third-order valence-corrected chi connectivity index (χ3v) is 6.95. The lowest BCUT2D eigenvalue weighted by Gasteiger charge is -2.25. The Bertz CT molecular complexity index is 1480. The van der Waals surface area contributed by atoms with Gasteiger partial charge in [0.1, 0.15) is 0 Å². The van der Waals surface area contributed by atoms with Gasteiger partial charge in [-0.25, -0.2) is 0 Å². The summed E-state index contributed by atoms with van der Waals surface area (Å²) in [5, 5.41) is 6.17. The average molecular weight is 443 g/mol. The molecule has 0 saturated heterocycles. The van der Waals surface area contributed by atoms with Crippen LogP contribution in [0.4, 0.5) is 28.4 Å². The zero-order valence-corrected chi connectivity index (χ0v) is 18.8. The van der Waals surface area contributed by atoms with Gasteiger partial charge in [0, 0.05) is 48.6 Å². The van der Waals surface area contributed by atoms with Gasteiger partial charge in [0.15, 0.2) is 0 Å². The van der Waals surface area contributed by atoms with Crippen LogP contribution in [0.15, 0.2) is 127 Å². The number of nitrogens with one attached hydrogen (secondary N) is 1. The van der Waals surface area contributed by atoms with Crippen molar-refractivity contribution in [2.75, 3.05) is 10.2 Å². The fraction of sp³-hybridized carbons (Fsp3) is 0.